The predicted octanol–water partition coefficient (Wildman–Crippen LogP) is 3.58. The van der Waals surface area contributed by atoms with Gasteiger partial charge in [0.1, 0.15) is 11.6 Å². The van der Waals surface area contributed by atoms with Crippen LogP contribution in [-0.2, 0) is 6.54 Å². The van der Waals surface area contributed by atoms with Crippen LogP contribution < -0.4 is 15.8 Å². The molecule has 0 radical (unpaired) electrons. The van der Waals surface area contributed by atoms with Crippen LogP contribution in [0.1, 0.15) is 5.56 Å². The first-order valence-corrected chi connectivity index (χ1v) is 6.88. The number of benzene rings is 2. The highest BCUT2D eigenvalue weighted by atomic mass is 19.1. The van der Waals surface area contributed by atoms with E-state index in [1.165, 1.54) is 19.2 Å². The van der Waals surface area contributed by atoms with Crippen molar-refractivity contribution in [1.29, 1.82) is 0 Å². The summed E-state index contributed by atoms with van der Waals surface area (Å²) in [7, 11) is 1.50. The average molecular weight is 297 g/mol. The molecule has 22 heavy (non-hydrogen) atoms. The molecule has 0 aliphatic heterocycles. The zero-order valence-electron chi connectivity index (χ0n) is 12.1. The lowest BCUT2D eigenvalue weighted by molar-refractivity contribution is 0.413. The van der Waals surface area contributed by atoms with Crippen molar-refractivity contribution in [2.75, 3.05) is 18.2 Å². The van der Waals surface area contributed by atoms with Crippen molar-refractivity contribution >= 4 is 22.3 Å². The molecule has 0 fully saturated rings. The Morgan fingerprint density at radius 1 is 1.23 bits per heavy atom. The van der Waals surface area contributed by atoms with E-state index in [4.69, 9.17) is 10.5 Å². The van der Waals surface area contributed by atoms with Gasteiger partial charge < -0.3 is 15.8 Å². The molecular formula is C17H16FN3O. The molecule has 0 saturated heterocycles. The van der Waals surface area contributed by atoms with Crippen LogP contribution in [0.3, 0.4) is 0 Å². The standard InChI is InChI=1S/C17H16FN3O/c1-22-16-8-13(18)14(19)9-15(16)21-10-12-5-2-4-11-6-3-7-20-17(11)12/h2-9,21H,10,19H2,1H3. The average Bonchev–Trinajstić information content (AvgIpc) is 2.55. The van der Waals surface area contributed by atoms with Gasteiger partial charge in [-0.3, -0.25) is 4.98 Å². The summed E-state index contributed by atoms with van der Waals surface area (Å²) in [5.74, 6) is -0.0749. The highest BCUT2D eigenvalue weighted by Crippen LogP contribution is 2.30. The smallest absolute Gasteiger partial charge is 0.149 e. The number of hydrogen-bond acceptors (Lipinski definition) is 4. The lowest BCUT2D eigenvalue weighted by atomic mass is 10.1. The molecule has 0 atom stereocenters. The minimum absolute atomic E-state index is 0.0827. The zero-order valence-corrected chi connectivity index (χ0v) is 12.1. The predicted molar refractivity (Wildman–Crippen MR) is 86.4 cm³/mol. The van der Waals surface area contributed by atoms with Gasteiger partial charge in [0.15, 0.2) is 0 Å². The van der Waals surface area contributed by atoms with E-state index in [1.807, 2.05) is 30.3 Å². The number of pyridine rings is 1. The van der Waals surface area contributed by atoms with Crippen molar-refractivity contribution in [2.45, 2.75) is 6.54 Å². The molecule has 1 heterocycles. The Labute approximate surface area is 127 Å². The van der Waals surface area contributed by atoms with Crippen molar-refractivity contribution < 1.29 is 9.13 Å². The molecule has 2 aromatic carbocycles. The molecule has 3 rings (SSSR count). The summed E-state index contributed by atoms with van der Waals surface area (Å²) in [5, 5.41) is 4.31. The van der Waals surface area contributed by atoms with E-state index in [1.54, 1.807) is 6.20 Å². The highest BCUT2D eigenvalue weighted by Gasteiger charge is 2.09. The lowest BCUT2D eigenvalue weighted by Gasteiger charge is -2.13. The monoisotopic (exact) mass is 297 g/mol. The van der Waals surface area contributed by atoms with Gasteiger partial charge in [-0.05, 0) is 17.7 Å². The largest absolute Gasteiger partial charge is 0.494 e. The van der Waals surface area contributed by atoms with Crippen molar-refractivity contribution in [2.24, 2.45) is 0 Å². The number of halogens is 1. The molecule has 5 heteroatoms. The number of methoxy groups -OCH3 is 1. The quantitative estimate of drug-likeness (QED) is 0.723. The maximum atomic E-state index is 13.5. The summed E-state index contributed by atoms with van der Waals surface area (Å²) in [6.45, 7) is 0.537. The molecule has 1 aromatic heterocycles. The topological polar surface area (TPSA) is 60.2 Å². The number of anilines is 2. The van der Waals surface area contributed by atoms with Gasteiger partial charge in [0.2, 0.25) is 0 Å². The number of nitrogens with zero attached hydrogens (tertiary/aromatic N) is 1. The summed E-state index contributed by atoms with van der Waals surface area (Å²) in [5.41, 5.74) is 8.33. The van der Waals surface area contributed by atoms with Gasteiger partial charge in [0.05, 0.1) is 24.0 Å². The number of aromatic nitrogens is 1. The van der Waals surface area contributed by atoms with Crippen LogP contribution in [-0.4, -0.2) is 12.1 Å². The second kappa shape index (κ2) is 5.89. The van der Waals surface area contributed by atoms with E-state index in [0.717, 1.165) is 16.5 Å². The summed E-state index contributed by atoms with van der Waals surface area (Å²) in [6, 6.07) is 12.7. The van der Waals surface area contributed by atoms with Gasteiger partial charge in [-0.1, -0.05) is 24.3 Å². The van der Waals surface area contributed by atoms with Gasteiger partial charge in [0, 0.05) is 24.2 Å². The van der Waals surface area contributed by atoms with E-state index in [9.17, 15) is 4.39 Å². The van der Waals surface area contributed by atoms with E-state index in [2.05, 4.69) is 10.3 Å². The number of para-hydroxylation sites is 1. The normalized spacial score (nSPS) is 10.6. The molecular weight excluding hydrogens is 281 g/mol. The third-order valence-electron chi connectivity index (χ3n) is 3.50. The third kappa shape index (κ3) is 2.65. The van der Waals surface area contributed by atoms with Crippen LogP contribution in [0.5, 0.6) is 5.75 Å². The van der Waals surface area contributed by atoms with Crippen LogP contribution in [0.4, 0.5) is 15.8 Å². The summed E-state index contributed by atoms with van der Waals surface area (Å²) in [6.07, 6.45) is 1.77. The number of rotatable bonds is 4. The lowest BCUT2D eigenvalue weighted by Crippen LogP contribution is -2.04. The zero-order chi connectivity index (χ0) is 15.5. The maximum Gasteiger partial charge on any atom is 0.149 e. The summed E-state index contributed by atoms with van der Waals surface area (Å²) < 4.78 is 18.7. The first-order valence-electron chi connectivity index (χ1n) is 6.88. The van der Waals surface area contributed by atoms with Crippen molar-refractivity contribution in [3.63, 3.8) is 0 Å². The Bertz CT molecular complexity index is 815. The van der Waals surface area contributed by atoms with Crippen LogP contribution in [0.25, 0.3) is 10.9 Å². The van der Waals surface area contributed by atoms with Crippen LogP contribution in [0.2, 0.25) is 0 Å². The molecule has 0 unspecified atom stereocenters. The molecule has 0 saturated carbocycles. The summed E-state index contributed by atoms with van der Waals surface area (Å²) in [4.78, 5) is 4.41. The fourth-order valence-electron chi connectivity index (χ4n) is 2.38. The Balaban J connectivity index is 1.90. The Morgan fingerprint density at radius 2 is 2.05 bits per heavy atom. The van der Waals surface area contributed by atoms with Gasteiger partial charge in [-0.15, -0.1) is 0 Å². The minimum atomic E-state index is -0.491. The van der Waals surface area contributed by atoms with E-state index >= 15 is 0 Å². The number of nitrogens with one attached hydrogen (secondary N) is 1. The highest BCUT2D eigenvalue weighted by molar-refractivity contribution is 5.81. The van der Waals surface area contributed by atoms with E-state index < -0.39 is 5.82 Å². The van der Waals surface area contributed by atoms with E-state index in [0.29, 0.717) is 18.0 Å². The Kier molecular flexibility index (Phi) is 3.78. The second-order valence-corrected chi connectivity index (χ2v) is 4.92. The maximum absolute atomic E-state index is 13.5. The number of nitrogens with two attached hydrogens (primary N) is 1. The van der Waals surface area contributed by atoms with Crippen LogP contribution in [0, 0.1) is 5.82 Å². The fourth-order valence-corrected chi connectivity index (χ4v) is 2.38. The fraction of sp³-hybridized carbons (Fsp3) is 0.118. The van der Waals surface area contributed by atoms with Gasteiger partial charge in [-0.25, -0.2) is 4.39 Å². The number of fused-ring (bicyclic) bond motifs is 1. The second-order valence-electron chi connectivity index (χ2n) is 4.92. The van der Waals surface area contributed by atoms with Gasteiger partial charge in [0.25, 0.3) is 0 Å². The van der Waals surface area contributed by atoms with Crippen molar-refractivity contribution in [3.05, 3.63) is 60.0 Å². The molecule has 0 aliphatic rings. The Hall–Kier alpha value is -2.82. The van der Waals surface area contributed by atoms with Crippen molar-refractivity contribution in [3.8, 4) is 5.75 Å². The van der Waals surface area contributed by atoms with Crippen LogP contribution in [0.15, 0.2) is 48.7 Å². The number of hydrogen-bond donors (Lipinski definition) is 2. The van der Waals surface area contributed by atoms with Crippen LogP contribution >= 0.6 is 0 Å². The van der Waals surface area contributed by atoms with Gasteiger partial charge >= 0.3 is 0 Å². The molecule has 3 N–H and O–H groups in total. The molecule has 0 aliphatic carbocycles. The first kappa shape index (κ1) is 14.1. The van der Waals surface area contributed by atoms with E-state index in [-0.39, 0.29) is 5.69 Å². The molecule has 4 nitrogen and oxygen atoms in total. The number of ether oxygens (including phenoxy) is 1. The molecule has 0 bridgehead atoms. The minimum Gasteiger partial charge on any atom is -0.494 e. The molecule has 0 amide bonds. The summed E-state index contributed by atoms with van der Waals surface area (Å²) >= 11 is 0. The SMILES string of the molecule is COc1cc(F)c(N)cc1NCc1cccc2cccnc12. The third-order valence-corrected chi connectivity index (χ3v) is 3.50. The number of nitrogen functional groups attached to an aromatic ring is 1. The van der Waals surface area contributed by atoms with Gasteiger partial charge in [-0.2, -0.15) is 0 Å². The first-order chi connectivity index (χ1) is 10.7. The Morgan fingerprint density at radius 3 is 2.86 bits per heavy atom. The molecule has 3 aromatic rings. The van der Waals surface area contributed by atoms with Crippen molar-refractivity contribution in [1.82, 2.24) is 4.98 Å². The molecule has 0 spiro atoms. The molecule has 112 valence electrons.